The molecule has 0 radical (unpaired) electrons. The molecule has 0 saturated carbocycles. The Bertz CT molecular complexity index is 53.0. The first-order valence-corrected chi connectivity index (χ1v) is 4.61. The Hall–Kier alpha value is 0.137. The van der Waals surface area contributed by atoms with Gasteiger partial charge in [0.1, 0.15) is 0 Å². The molecule has 2 nitrogen and oxygen atoms in total. The molecule has 0 spiro atoms. The predicted molar refractivity (Wildman–Crippen MR) is 41.7 cm³/mol. The summed E-state index contributed by atoms with van der Waals surface area (Å²) in [4.78, 5) is 0. The quantitative estimate of drug-likeness (QED) is 0.469. The number of ether oxygens (including phenoxy) is 1. The van der Waals surface area contributed by atoms with E-state index < -0.39 is 0 Å². The van der Waals surface area contributed by atoms with Crippen molar-refractivity contribution in [1.82, 2.24) is 0 Å². The molecular formula is C6H16O2Si. The molecule has 0 aromatic carbocycles. The van der Waals surface area contributed by atoms with E-state index >= 15 is 0 Å². The minimum absolute atomic E-state index is 0.675. The Labute approximate surface area is 59.6 Å². The molecule has 1 N–H and O–H groups in total. The Morgan fingerprint density at radius 2 is 2.11 bits per heavy atom. The summed E-state index contributed by atoms with van der Waals surface area (Å²) in [6, 6.07) is 0. The summed E-state index contributed by atoms with van der Waals surface area (Å²) < 4.78 is 5.34. The van der Waals surface area contributed by atoms with Crippen LogP contribution in [-0.4, -0.2) is 34.8 Å². The minimum atomic E-state index is 0.675. The van der Waals surface area contributed by atoms with E-state index in [-0.39, 0.29) is 0 Å². The largest absolute Gasteiger partial charge is 0.400 e. The highest BCUT2D eigenvalue weighted by Gasteiger charge is 2.05. The zero-order valence-electron chi connectivity index (χ0n) is 6.26. The third kappa shape index (κ3) is 4.63. The summed E-state index contributed by atoms with van der Waals surface area (Å²) in [5.74, 6) is 0. The SMILES string of the molecule is CO.[SiH3]C1CCCCO1. The van der Waals surface area contributed by atoms with Crippen LogP contribution in [0.1, 0.15) is 19.3 Å². The van der Waals surface area contributed by atoms with Crippen LogP contribution < -0.4 is 0 Å². The Morgan fingerprint density at radius 1 is 1.44 bits per heavy atom. The van der Waals surface area contributed by atoms with E-state index in [0.717, 1.165) is 13.7 Å². The van der Waals surface area contributed by atoms with Gasteiger partial charge in [-0.3, -0.25) is 0 Å². The molecule has 1 atom stereocenters. The maximum atomic E-state index is 7.00. The topological polar surface area (TPSA) is 29.5 Å². The third-order valence-corrected chi connectivity index (χ3v) is 2.32. The molecule has 1 saturated heterocycles. The molecule has 0 aliphatic carbocycles. The molecule has 0 bridgehead atoms. The average Bonchev–Trinajstić information content (AvgIpc) is 1.94. The molecule has 0 aromatic rings. The first kappa shape index (κ1) is 9.14. The van der Waals surface area contributed by atoms with E-state index in [2.05, 4.69) is 0 Å². The summed E-state index contributed by atoms with van der Waals surface area (Å²) >= 11 is 0. The van der Waals surface area contributed by atoms with Gasteiger partial charge in [0.25, 0.3) is 0 Å². The summed E-state index contributed by atoms with van der Waals surface area (Å²) in [6.07, 6.45) is 4.01. The lowest BCUT2D eigenvalue weighted by molar-refractivity contribution is 0.0675. The van der Waals surface area contributed by atoms with E-state index in [9.17, 15) is 0 Å². The molecule has 1 unspecified atom stereocenters. The monoisotopic (exact) mass is 148 g/mol. The van der Waals surface area contributed by atoms with Gasteiger partial charge in [0, 0.05) is 29.7 Å². The van der Waals surface area contributed by atoms with Gasteiger partial charge in [0.2, 0.25) is 0 Å². The van der Waals surface area contributed by atoms with Crippen LogP contribution >= 0.6 is 0 Å². The van der Waals surface area contributed by atoms with Crippen molar-refractivity contribution in [2.75, 3.05) is 13.7 Å². The molecule has 3 heteroatoms. The van der Waals surface area contributed by atoms with Crippen LogP contribution in [0.3, 0.4) is 0 Å². The van der Waals surface area contributed by atoms with Gasteiger partial charge in [-0.1, -0.05) is 0 Å². The molecule has 1 heterocycles. The van der Waals surface area contributed by atoms with Gasteiger partial charge >= 0.3 is 0 Å². The van der Waals surface area contributed by atoms with Crippen molar-refractivity contribution in [2.45, 2.75) is 25.0 Å². The van der Waals surface area contributed by atoms with E-state index in [4.69, 9.17) is 9.84 Å². The number of rotatable bonds is 0. The fraction of sp³-hybridized carbons (Fsp3) is 1.00. The van der Waals surface area contributed by atoms with E-state index in [1.54, 1.807) is 0 Å². The van der Waals surface area contributed by atoms with Crippen molar-refractivity contribution in [3.8, 4) is 0 Å². The smallest absolute Gasteiger partial charge is 0.0465 e. The van der Waals surface area contributed by atoms with Crippen molar-refractivity contribution in [3.63, 3.8) is 0 Å². The minimum Gasteiger partial charge on any atom is -0.400 e. The Kier molecular flexibility index (Phi) is 6.35. The van der Waals surface area contributed by atoms with Gasteiger partial charge in [-0.25, -0.2) is 0 Å². The van der Waals surface area contributed by atoms with Crippen LogP contribution in [0.25, 0.3) is 0 Å². The molecule has 56 valence electrons. The van der Waals surface area contributed by atoms with Gasteiger partial charge in [-0.15, -0.1) is 0 Å². The molecule has 0 aromatic heterocycles. The summed E-state index contributed by atoms with van der Waals surface area (Å²) in [6.45, 7) is 1.02. The van der Waals surface area contributed by atoms with E-state index in [1.807, 2.05) is 0 Å². The van der Waals surface area contributed by atoms with Crippen LogP contribution in [0.4, 0.5) is 0 Å². The van der Waals surface area contributed by atoms with Crippen LogP contribution in [0.2, 0.25) is 0 Å². The fourth-order valence-corrected chi connectivity index (χ4v) is 1.55. The van der Waals surface area contributed by atoms with Crippen molar-refractivity contribution in [3.05, 3.63) is 0 Å². The van der Waals surface area contributed by atoms with Gasteiger partial charge < -0.3 is 9.84 Å². The molecule has 1 fully saturated rings. The second kappa shape index (κ2) is 6.26. The number of aliphatic hydroxyl groups excluding tert-OH is 1. The summed E-state index contributed by atoms with van der Waals surface area (Å²) in [5, 5.41) is 7.00. The number of hydrogen-bond acceptors (Lipinski definition) is 2. The summed E-state index contributed by atoms with van der Waals surface area (Å²) in [7, 11) is 2.23. The molecule has 1 aliphatic rings. The van der Waals surface area contributed by atoms with Crippen molar-refractivity contribution in [2.24, 2.45) is 0 Å². The van der Waals surface area contributed by atoms with Crippen LogP contribution in [0, 0.1) is 0 Å². The van der Waals surface area contributed by atoms with Gasteiger partial charge in [-0.05, 0) is 19.3 Å². The molecule has 0 amide bonds. The lowest BCUT2D eigenvalue weighted by Crippen LogP contribution is -2.18. The average molecular weight is 148 g/mol. The molecular weight excluding hydrogens is 132 g/mol. The van der Waals surface area contributed by atoms with E-state index in [1.165, 1.54) is 29.5 Å². The van der Waals surface area contributed by atoms with Crippen molar-refractivity contribution < 1.29 is 9.84 Å². The second-order valence-electron chi connectivity index (χ2n) is 2.18. The van der Waals surface area contributed by atoms with Crippen LogP contribution in [-0.2, 0) is 4.74 Å². The lowest BCUT2D eigenvalue weighted by atomic mass is 10.2. The van der Waals surface area contributed by atoms with Crippen molar-refractivity contribution in [1.29, 1.82) is 0 Å². The Balaban J connectivity index is 0.000000291. The molecule has 9 heavy (non-hydrogen) atoms. The predicted octanol–water partition coefficient (Wildman–Crippen LogP) is -0.513. The standard InChI is InChI=1S/C5H12OSi.CH4O/c7-5-3-1-2-4-6-5;1-2/h5H,1-4H2,7H3;2H,1H3. The Morgan fingerprint density at radius 3 is 2.33 bits per heavy atom. The molecule has 1 rings (SSSR count). The third-order valence-electron chi connectivity index (χ3n) is 1.41. The zero-order chi connectivity index (χ0) is 7.11. The first-order valence-electron chi connectivity index (χ1n) is 3.46. The highest BCUT2D eigenvalue weighted by atomic mass is 28.1. The first-order chi connectivity index (χ1) is 4.39. The van der Waals surface area contributed by atoms with Crippen molar-refractivity contribution >= 4 is 10.2 Å². The highest BCUT2D eigenvalue weighted by molar-refractivity contribution is 6.10. The van der Waals surface area contributed by atoms with Crippen LogP contribution in [0.5, 0.6) is 0 Å². The van der Waals surface area contributed by atoms with Gasteiger partial charge in [0.05, 0.1) is 0 Å². The van der Waals surface area contributed by atoms with Crippen LogP contribution in [0.15, 0.2) is 0 Å². The van der Waals surface area contributed by atoms with Gasteiger partial charge in [0.15, 0.2) is 0 Å². The number of hydrogen-bond donors (Lipinski definition) is 1. The van der Waals surface area contributed by atoms with Gasteiger partial charge in [-0.2, -0.15) is 0 Å². The highest BCUT2D eigenvalue weighted by Crippen LogP contribution is 2.08. The lowest BCUT2D eigenvalue weighted by Gasteiger charge is -2.17. The molecule has 1 aliphatic heterocycles. The zero-order valence-corrected chi connectivity index (χ0v) is 8.26. The second-order valence-corrected chi connectivity index (χ2v) is 3.47. The summed E-state index contributed by atoms with van der Waals surface area (Å²) in [5.41, 5.74) is 0.675. The maximum Gasteiger partial charge on any atom is 0.0465 e. The maximum absolute atomic E-state index is 7.00. The normalized spacial score (nSPS) is 26.7. The van der Waals surface area contributed by atoms with E-state index in [0.29, 0.717) is 5.73 Å². The number of aliphatic hydroxyl groups is 1. The fourth-order valence-electron chi connectivity index (χ4n) is 0.902.